The third kappa shape index (κ3) is 1.64. The van der Waals surface area contributed by atoms with Crippen LogP contribution in [0.4, 0.5) is 4.39 Å². The summed E-state index contributed by atoms with van der Waals surface area (Å²) in [6, 6.07) is 5.63. The molecule has 0 saturated carbocycles. The van der Waals surface area contributed by atoms with Crippen molar-refractivity contribution >= 4 is 0 Å². The van der Waals surface area contributed by atoms with Gasteiger partial charge in [-0.05, 0) is 37.4 Å². The number of halogens is 1. The minimum Gasteiger partial charge on any atom is -0.371 e. The maximum Gasteiger partial charge on any atom is 0.129 e. The van der Waals surface area contributed by atoms with Gasteiger partial charge in [0.1, 0.15) is 11.9 Å². The van der Waals surface area contributed by atoms with Gasteiger partial charge in [0.25, 0.3) is 0 Å². The second kappa shape index (κ2) is 4.15. The van der Waals surface area contributed by atoms with Gasteiger partial charge < -0.3 is 10.1 Å². The van der Waals surface area contributed by atoms with E-state index in [0.29, 0.717) is 6.61 Å². The van der Waals surface area contributed by atoms with Crippen LogP contribution in [0.15, 0.2) is 18.2 Å². The number of fused-ring (bicyclic) bond motifs is 1. The number of ether oxygens (including phenoxy) is 1. The number of hydrogen-bond acceptors (Lipinski definition) is 2. The van der Waals surface area contributed by atoms with E-state index in [4.69, 9.17) is 4.74 Å². The minimum absolute atomic E-state index is 0.0903. The number of nitrogens with one attached hydrogen (secondary N) is 1. The SMILES string of the molecule is Fc1cccc2c1[C@H]([C@@H]1CCCN1)OCC2. The van der Waals surface area contributed by atoms with Crippen molar-refractivity contribution in [3.63, 3.8) is 0 Å². The molecule has 1 aromatic rings. The van der Waals surface area contributed by atoms with E-state index in [9.17, 15) is 4.39 Å². The predicted molar refractivity (Wildman–Crippen MR) is 59.8 cm³/mol. The Labute approximate surface area is 94.8 Å². The van der Waals surface area contributed by atoms with E-state index in [1.54, 1.807) is 6.07 Å². The summed E-state index contributed by atoms with van der Waals surface area (Å²) >= 11 is 0. The monoisotopic (exact) mass is 221 g/mol. The van der Waals surface area contributed by atoms with Crippen molar-refractivity contribution in [1.29, 1.82) is 0 Å². The zero-order chi connectivity index (χ0) is 11.0. The average Bonchev–Trinajstić information content (AvgIpc) is 2.82. The van der Waals surface area contributed by atoms with Crippen LogP contribution in [0.2, 0.25) is 0 Å². The predicted octanol–water partition coefficient (Wildman–Crippen LogP) is 2.19. The molecule has 2 heterocycles. The van der Waals surface area contributed by atoms with Gasteiger partial charge in [0.15, 0.2) is 0 Å². The first-order chi connectivity index (χ1) is 7.86. The molecule has 3 heteroatoms. The molecule has 2 aliphatic heterocycles. The van der Waals surface area contributed by atoms with E-state index >= 15 is 0 Å². The Morgan fingerprint density at radius 2 is 2.31 bits per heavy atom. The molecule has 2 aliphatic rings. The van der Waals surface area contributed by atoms with E-state index in [-0.39, 0.29) is 18.0 Å². The molecule has 1 fully saturated rings. The molecular formula is C13H16FNO. The molecule has 1 N–H and O–H groups in total. The van der Waals surface area contributed by atoms with Gasteiger partial charge in [0.05, 0.1) is 6.61 Å². The molecule has 0 aromatic heterocycles. The highest BCUT2D eigenvalue weighted by Crippen LogP contribution is 2.34. The quantitative estimate of drug-likeness (QED) is 0.785. The highest BCUT2D eigenvalue weighted by atomic mass is 19.1. The van der Waals surface area contributed by atoms with Crippen molar-refractivity contribution < 1.29 is 9.13 Å². The first-order valence-electron chi connectivity index (χ1n) is 5.98. The fourth-order valence-corrected chi connectivity index (χ4v) is 2.78. The molecule has 1 saturated heterocycles. The Bertz CT molecular complexity index is 388. The molecule has 3 rings (SSSR count). The van der Waals surface area contributed by atoms with Gasteiger partial charge in [-0.3, -0.25) is 0 Å². The van der Waals surface area contributed by atoms with Crippen molar-refractivity contribution in [3.05, 3.63) is 35.1 Å². The Morgan fingerprint density at radius 3 is 3.12 bits per heavy atom. The lowest BCUT2D eigenvalue weighted by Crippen LogP contribution is -2.34. The second-order valence-electron chi connectivity index (χ2n) is 4.56. The summed E-state index contributed by atoms with van der Waals surface area (Å²) in [6.45, 7) is 1.73. The van der Waals surface area contributed by atoms with Crippen molar-refractivity contribution in [2.24, 2.45) is 0 Å². The fourth-order valence-electron chi connectivity index (χ4n) is 2.78. The van der Waals surface area contributed by atoms with Gasteiger partial charge in [-0.1, -0.05) is 12.1 Å². The summed E-state index contributed by atoms with van der Waals surface area (Å²) in [5.41, 5.74) is 1.90. The molecular weight excluding hydrogens is 205 g/mol. The first-order valence-corrected chi connectivity index (χ1v) is 5.98. The maximum atomic E-state index is 13.9. The van der Waals surface area contributed by atoms with Gasteiger partial charge in [-0.25, -0.2) is 4.39 Å². The normalized spacial score (nSPS) is 29.1. The van der Waals surface area contributed by atoms with Crippen LogP contribution < -0.4 is 5.32 Å². The van der Waals surface area contributed by atoms with E-state index in [1.165, 1.54) is 6.07 Å². The van der Waals surface area contributed by atoms with Crippen LogP contribution in [0, 0.1) is 5.82 Å². The summed E-state index contributed by atoms with van der Waals surface area (Å²) in [7, 11) is 0. The second-order valence-corrected chi connectivity index (χ2v) is 4.56. The first kappa shape index (κ1) is 10.2. The number of rotatable bonds is 1. The average molecular weight is 221 g/mol. The summed E-state index contributed by atoms with van der Waals surface area (Å²) in [5, 5.41) is 3.40. The smallest absolute Gasteiger partial charge is 0.129 e. The third-order valence-electron chi connectivity index (χ3n) is 3.56. The zero-order valence-electron chi connectivity index (χ0n) is 9.21. The van der Waals surface area contributed by atoms with E-state index < -0.39 is 0 Å². The molecule has 0 bridgehead atoms. The third-order valence-corrected chi connectivity index (χ3v) is 3.56. The highest BCUT2D eigenvalue weighted by molar-refractivity contribution is 5.33. The lowest BCUT2D eigenvalue weighted by Gasteiger charge is -2.30. The Kier molecular flexibility index (Phi) is 2.65. The summed E-state index contributed by atoms with van der Waals surface area (Å²) in [6.07, 6.45) is 2.98. The molecule has 0 spiro atoms. The Morgan fingerprint density at radius 1 is 1.38 bits per heavy atom. The topological polar surface area (TPSA) is 21.3 Å². The number of benzene rings is 1. The zero-order valence-corrected chi connectivity index (χ0v) is 9.21. The van der Waals surface area contributed by atoms with Crippen molar-refractivity contribution in [2.75, 3.05) is 13.2 Å². The standard InChI is InChI=1S/C13H16FNO/c14-10-4-1-3-9-6-8-16-13(12(9)10)11-5-2-7-15-11/h1,3-4,11,13,15H,2,5-8H2/t11-,13-/m0/s1. The van der Waals surface area contributed by atoms with Crippen LogP contribution in [-0.2, 0) is 11.2 Å². The Balaban J connectivity index is 1.98. The van der Waals surface area contributed by atoms with Crippen LogP contribution in [0.5, 0.6) is 0 Å². The fraction of sp³-hybridized carbons (Fsp3) is 0.538. The van der Waals surface area contributed by atoms with Crippen LogP contribution in [0.1, 0.15) is 30.1 Å². The minimum atomic E-state index is -0.115. The summed E-state index contributed by atoms with van der Waals surface area (Å²) in [5.74, 6) is -0.115. The lowest BCUT2D eigenvalue weighted by atomic mass is 9.92. The van der Waals surface area contributed by atoms with Gasteiger partial charge in [-0.2, -0.15) is 0 Å². The van der Waals surface area contributed by atoms with Crippen LogP contribution >= 0.6 is 0 Å². The lowest BCUT2D eigenvalue weighted by molar-refractivity contribution is 0.0172. The maximum absolute atomic E-state index is 13.9. The van der Waals surface area contributed by atoms with Crippen molar-refractivity contribution in [2.45, 2.75) is 31.4 Å². The molecule has 2 nitrogen and oxygen atoms in total. The van der Waals surface area contributed by atoms with Crippen molar-refractivity contribution in [1.82, 2.24) is 5.32 Å². The molecule has 0 radical (unpaired) electrons. The van der Waals surface area contributed by atoms with Gasteiger partial charge in [-0.15, -0.1) is 0 Å². The van der Waals surface area contributed by atoms with E-state index in [1.807, 2.05) is 6.07 Å². The van der Waals surface area contributed by atoms with E-state index in [0.717, 1.165) is 36.9 Å². The summed E-state index contributed by atoms with van der Waals surface area (Å²) in [4.78, 5) is 0. The largest absolute Gasteiger partial charge is 0.371 e. The van der Waals surface area contributed by atoms with Gasteiger partial charge in [0, 0.05) is 11.6 Å². The summed E-state index contributed by atoms with van der Waals surface area (Å²) < 4.78 is 19.6. The highest BCUT2D eigenvalue weighted by Gasteiger charge is 2.32. The van der Waals surface area contributed by atoms with E-state index in [2.05, 4.69) is 5.32 Å². The Hall–Kier alpha value is -0.930. The number of hydrogen-bond donors (Lipinski definition) is 1. The van der Waals surface area contributed by atoms with Crippen LogP contribution in [-0.4, -0.2) is 19.2 Å². The molecule has 16 heavy (non-hydrogen) atoms. The van der Waals surface area contributed by atoms with Gasteiger partial charge >= 0.3 is 0 Å². The van der Waals surface area contributed by atoms with Gasteiger partial charge in [0.2, 0.25) is 0 Å². The van der Waals surface area contributed by atoms with Crippen LogP contribution in [0.3, 0.4) is 0 Å². The molecule has 0 amide bonds. The molecule has 0 aliphatic carbocycles. The molecule has 1 aromatic carbocycles. The molecule has 0 unspecified atom stereocenters. The van der Waals surface area contributed by atoms with Crippen LogP contribution in [0.25, 0.3) is 0 Å². The molecule has 86 valence electrons. The van der Waals surface area contributed by atoms with Crippen molar-refractivity contribution in [3.8, 4) is 0 Å². The molecule has 2 atom stereocenters.